The number of benzene rings is 3. The van der Waals surface area contributed by atoms with E-state index >= 15 is 0 Å². The number of para-hydroxylation sites is 1. The third kappa shape index (κ3) is 10.0. The molecule has 1 atom stereocenters. The number of hydrogen-bond donors (Lipinski definition) is 4. The van der Waals surface area contributed by atoms with E-state index < -0.39 is 17.9 Å². The number of nitrogens with zero attached hydrogens (tertiary/aromatic N) is 6. The van der Waals surface area contributed by atoms with Gasteiger partial charge in [0.2, 0.25) is 11.8 Å². The van der Waals surface area contributed by atoms with Crippen LogP contribution in [0, 0.1) is 0 Å². The Labute approximate surface area is 383 Å². The topological polar surface area (TPSA) is 199 Å². The summed E-state index contributed by atoms with van der Waals surface area (Å²) in [5.41, 5.74) is 10.2. The average molecular weight is 899 g/mol. The number of ether oxygens (including phenoxy) is 3. The Hall–Kier alpha value is -6.40. The van der Waals surface area contributed by atoms with Crippen molar-refractivity contribution >= 4 is 46.2 Å². The number of nitrogens with one attached hydrogen (secondary N) is 3. The molecule has 1 unspecified atom stereocenters. The van der Waals surface area contributed by atoms with E-state index in [2.05, 4.69) is 53.6 Å². The lowest BCUT2D eigenvalue weighted by atomic mass is 9.89. The molecule has 3 fully saturated rings. The summed E-state index contributed by atoms with van der Waals surface area (Å²) in [4.78, 5) is 66.6. The van der Waals surface area contributed by atoms with Gasteiger partial charge in [0, 0.05) is 75.3 Å². The van der Waals surface area contributed by atoms with Gasteiger partial charge in [0.15, 0.2) is 0 Å². The number of piperazine rings is 1. The Morgan fingerprint density at radius 3 is 2.29 bits per heavy atom. The van der Waals surface area contributed by atoms with Gasteiger partial charge in [-0.2, -0.15) is 0 Å². The number of anilines is 2. The van der Waals surface area contributed by atoms with Crippen LogP contribution in [0.2, 0.25) is 0 Å². The Kier molecular flexibility index (Phi) is 14.1. The third-order valence-corrected chi connectivity index (χ3v) is 13.2. The minimum Gasteiger partial charge on any atom is -0.457 e. The molecule has 66 heavy (non-hydrogen) atoms. The lowest BCUT2D eigenvalue weighted by molar-refractivity contribution is -0.126. The fraction of sp³-hybridized carbons (Fsp3) is 0.429. The lowest BCUT2D eigenvalue weighted by Gasteiger charge is -2.42. The molecule has 1 aliphatic carbocycles. The quantitative estimate of drug-likeness (QED) is 0.0698. The van der Waals surface area contributed by atoms with Crippen LogP contribution in [-0.2, 0) is 19.1 Å². The van der Waals surface area contributed by atoms with Gasteiger partial charge < -0.3 is 40.5 Å². The van der Waals surface area contributed by atoms with Gasteiger partial charge in [-0.3, -0.25) is 33.9 Å². The molecule has 0 bridgehead atoms. The van der Waals surface area contributed by atoms with Crippen molar-refractivity contribution in [1.29, 1.82) is 0 Å². The summed E-state index contributed by atoms with van der Waals surface area (Å²) in [7, 11) is 0. The number of nitrogen functional groups attached to an aromatic ring is 1. The molecule has 0 spiro atoms. The molecule has 4 aliphatic rings. The molecule has 17 heteroatoms. The van der Waals surface area contributed by atoms with Crippen LogP contribution in [0.1, 0.15) is 65.3 Å². The second kappa shape index (κ2) is 20.8. The number of aromatic nitrogens is 3. The van der Waals surface area contributed by atoms with Crippen molar-refractivity contribution in [2.75, 3.05) is 89.8 Å². The summed E-state index contributed by atoms with van der Waals surface area (Å²) in [6.07, 6.45) is 9.32. The van der Waals surface area contributed by atoms with E-state index in [0.29, 0.717) is 75.9 Å². The largest absolute Gasteiger partial charge is 0.457 e. The second-order valence-electron chi connectivity index (χ2n) is 17.3. The van der Waals surface area contributed by atoms with Crippen LogP contribution in [0.15, 0.2) is 85.3 Å². The Morgan fingerprint density at radius 1 is 0.773 bits per heavy atom. The van der Waals surface area contributed by atoms with Crippen molar-refractivity contribution < 1.29 is 33.4 Å². The maximum atomic E-state index is 13.3. The first-order chi connectivity index (χ1) is 32.3. The molecule has 4 amide bonds. The normalized spacial score (nSPS) is 20.3. The number of hydrogen-bond acceptors (Lipinski definition) is 13. The first-order valence-corrected chi connectivity index (χ1v) is 23.2. The van der Waals surface area contributed by atoms with Crippen molar-refractivity contribution in [2.24, 2.45) is 0 Å². The number of piperidine rings is 1. The molecule has 5 aromatic rings. The van der Waals surface area contributed by atoms with Crippen LogP contribution in [0.3, 0.4) is 0 Å². The summed E-state index contributed by atoms with van der Waals surface area (Å²) in [6, 6.07) is 22.8. The highest BCUT2D eigenvalue weighted by Gasteiger charge is 2.44. The van der Waals surface area contributed by atoms with Gasteiger partial charge in [-0.05, 0) is 80.5 Å². The van der Waals surface area contributed by atoms with Gasteiger partial charge in [0.1, 0.15) is 35.3 Å². The predicted molar refractivity (Wildman–Crippen MR) is 249 cm³/mol. The maximum Gasteiger partial charge on any atom is 0.264 e. The number of rotatable bonds is 18. The van der Waals surface area contributed by atoms with Crippen molar-refractivity contribution in [3.63, 3.8) is 0 Å². The summed E-state index contributed by atoms with van der Waals surface area (Å²) in [5.74, 6) is 0.428. The van der Waals surface area contributed by atoms with E-state index in [-0.39, 0.29) is 29.5 Å². The fourth-order valence-electron chi connectivity index (χ4n) is 9.74. The lowest BCUT2D eigenvalue weighted by Crippen LogP contribution is -2.52. The number of nitrogens with two attached hydrogens (primary N) is 1. The first-order valence-electron chi connectivity index (χ1n) is 23.2. The van der Waals surface area contributed by atoms with Crippen LogP contribution < -0.4 is 26.4 Å². The minimum absolute atomic E-state index is 0.0935. The molecule has 17 nitrogen and oxygen atoms in total. The van der Waals surface area contributed by atoms with E-state index in [1.165, 1.54) is 0 Å². The van der Waals surface area contributed by atoms with E-state index in [4.69, 9.17) is 24.9 Å². The fourth-order valence-corrected chi connectivity index (χ4v) is 9.74. The van der Waals surface area contributed by atoms with Crippen molar-refractivity contribution in [1.82, 2.24) is 39.9 Å². The second-order valence-corrected chi connectivity index (χ2v) is 17.3. The highest BCUT2D eigenvalue weighted by Crippen LogP contribution is 2.40. The summed E-state index contributed by atoms with van der Waals surface area (Å²) < 4.78 is 19.9. The molecular formula is C49H58N10O7. The van der Waals surface area contributed by atoms with Crippen LogP contribution in [-0.4, -0.2) is 144 Å². The predicted octanol–water partition coefficient (Wildman–Crippen LogP) is 4.71. The smallest absolute Gasteiger partial charge is 0.264 e. The van der Waals surface area contributed by atoms with Gasteiger partial charge in [-0.15, -0.1) is 0 Å². The van der Waals surface area contributed by atoms with Crippen molar-refractivity contribution in [2.45, 2.75) is 56.7 Å². The molecule has 5 heterocycles. The number of carbonyl (C=O) groups excluding carboxylic acids is 4. The van der Waals surface area contributed by atoms with E-state index in [0.717, 1.165) is 97.0 Å². The molecule has 5 N–H and O–H groups in total. The molecule has 1 saturated carbocycles. The minimum atomic E-state index is -0.830. The van der Waals surface area contributed by atoms with Crippen LogP contribution >= 0.6 is 0 Å². The maximum absolute atomic E-state index is 13.3. The monoisotopic (exact) mass is 898 g/mol. The zero-order valence-corrected chi connectivity index (χ0v) is 37.2. The SMILES string of the molecule is Nc1ncnc2c1c(-c1ccc(Oc3ccccc3)cc1)cn2C1CCC(N2CCN(CCOCCOCCNC(=O)CNc3cccc4c3C(=O)N(C3CCCNC3=O)C4=O)CC2)CC1. The summed E-state index contributed by atoms with van der Waals surface area (Å²) in [6.45, 7) is 7.61. The van der Waals surface area contributed by atoms with Crippen LogP contribution in [0.5, 0.6) is 11.5 Å². The van der Waals surface area contributed by atoms with Gasteiger partial charge >= 0.3 is 0 Å². The highest BCUT2D eigenvalue weighted by atomic mass is 16.5. The standard InChI is InChI=1S/C49H58N10O7/c50-45-44-39(33-11-17-37(18-12-33)66-36-6-2-1-3-7-36)31-58(46(44)55-32-54-45)35-15-13-34(14-16-35)57-23-21-56(22-24-57)25-27-65-29-28-64-26-20-51-42(60)30-53-40-9-4-8-38-43(40)49(63)59(48(38)62)41-10-5-19-52-47(41)61/h1-4,6-9,11-12,17-18,31-32,34-35,41,53H,5,10,13-16,19-30H2,(H,51,60)(H,52,61)(H2,50,54,55). The van der Waals surface area contributed by atoms with Gasteiger partial charge in [-0.1, -0.05) is 36.4 Å². The molecule has 346 valence electrons. The zero-order valence-electron chi connectivity index (χ0n) is 37.2. The molecule has 9 rings (SSSR count). The molecule has 3 aliphatic heterocycles. The third-order valence-electron chi connectivity index (χ3n) is 13.2. The molecule has 0 radical (unpaired) electrons. The van der Waals surface area contributed by atoms with Gasteiger partial charge in [-0.25, -0.2) is 9.97 Å². The number of fused-ring (bicyclic) bond motifs is 2. The Bertz CT molecular complexity index is 2500. The van der Waals surface area contributed by atoms with Gasteiger partial charge in [0.25, 0.3) is 11.8 Å². The van der Waals surface area contributed by atoms with E-state index in [1.807, 2.05) is 42.5 Å². The van der Waals surface area contributed by atoms with Crippen LogP contribution in [0.25, 0.3) is 22.2 Å². The molecule has 3 aromatic carbocycles. The molecular weight excluding hydrogens is 841 g/mol. The van der Waals surface area contributed by atoms with Gasteiger partial charge in [0.05, 0.1) is 49.5 Å². The van der Waals surface area contributed by atoms with E-state index in [1.54, 1.807) is 24.5 Å². The Balaban J connectivity index is 0.640. The van der Waals surface area contributed by atoms with Crippen molar-refractivity contribution in [3.05, 3.63) is 96.4 Å². The van der Waals surface area contributed by atoms with Crippen LogP contribution in [0.4, 0.5) is 11.5 Å². The summed E-state index contributed by atoms with van der Waals surface area (Å²) >= 11 is 0. The summed E-state index contributed by atoms with van der Waals surface area (Å²) in [5, 5.41) is 9.41. The average Bonchev–Trinajstić information content (AvgIpc) is 3.86. The van der Waals surface area contributed by atoms with E-state index in [9.17, 15) is 19.2 Å². The highest BCUT2D eigenvalue weighted by molar-refractivity contribution is 6.25. The Morgan fingerprint density at radius 2 is 1.52 bits per heavy atom. The number of carbonyl (C=O) groups is 4. The molecule has 2 saturated heterocycles. The number of amides is 4. The molecule has 2 aromatic heterocycles. The first kappa shape index (κ1) is 44.8. The van der Waals surface area contributed by atoms with Crippen molar-refractivity contribution in [3.8, 4) is 22.6 Å². The zero-order chi connectivity index (χ0) is 45.4. The number of imide groups is 1.